The van der Waals surface area contributed by atoms with E-state index in [-0.39, 0.29) is 5.28 Å². The SMILES string of the molecule is COc1ccc(-c2csc3nc(Cl)nc(Nc4ccccc4C)c23)cc1. The lowest BCUT2D eigenvalue weighted by Crippen LogP contribution is -1.98. The van der Waals surface area contributed by atoms with Crippen molar-refractivity contribution in [2.75, 3.05) is 12.4 Å². The van der Waals surface area contributed by atoms with E-state index in [1.165, 1.54) is 0 Å². The summed E-state index contributed by atoms with van der Waals surface area (Å²) >= 11 is 7.71. The van der Waals surface area contributed by atoms with Gasteiger partial charge in [-0.1, -0.05) is 30.3 Å². The molecule has 26 heavy (non-hydrogen) atoms. The summed E-state index contributed by atoms with van der Waals surface area (Å²) in [4.78, 5) is 9.70. The first-order chi connectivity index (χ1) is 12.7. The van der Waals surface area contributed by atoms with Gasteiger partial charge in [-0.05, 0) is 47.9 Å². The largest absolute Gasteiger partial charge is 0.497 e. The third-order valence-corrected chi connectivity index (χ3v) is 5.25. The fourth-order valence-electron chi connectivity index (χ4n) is 2.83. The standard InChI is InChI=1S/C20H16ClN3OS/c1-12-5-3-4-6-16(12)22-18-17-15(11-26-19(17)24-20(21)23-18)13-7-9-14(25-2)10-8-13/h3-11H,1-2H3,(H,22,23,24). The molecule has 0 fully saturated rings. The Bertz CT molecular complexity index is 1080. The maximum absolute atomic E-state index is 6.15. The Hall–Kier alpha value is -2.63. The number of ether oxygens (including phenoxy) is 1. The molecule has 4 nitrogen and oxygen atoms in total. The van der Waals surface area contributed by atoms with Crippen LogP contribution in [-0.2, 0) is 0 Å². The first kappa shape index (κ1) is 16.8. The smallest absolute Gasteiger partial charge is 0.225 e. The van der Waals surface area contributed by atoms with Gasteiger partial charge in [-0.2, -0.15) is 4.98 Å². The van der Waals surface area contributed by atoms with Crippen molar-refractivity contribution in [3.63, 3.8) is 0 Å². The van der Waals surface area contributed by atoms with E-state index in [0.717, 1.165) is 38.3 Å². The molecule has 130 valence electrons. The van der Waals surface area contributed by atoms with Crippen molar-refractivity contribution in [3.8, 4) is 16.9 Å². The number of nitrogens with one attached hydrogen (secondary N) is 1. The summed E-state index contributed by atoms with van der Waals surface area (Å²) in [7, 11) is 1.66. The molecule has 0 amide bonds. The number of methoxy groups -OCH3 is 1. The van der Waals surface area contributed by atoms with E-state index in [1.54, 1.807) is 18.4 Å². The monoisotopic (exact) mass is 381 g/mol. The molecule has 2 aromatic carbocycles. The minimum Gasteiger partial charge on any atom is -0.497 e. The van der Waals surface area contributed by atoms with Crippen molar-refractivity contribution < 1.29 is 4.74 Å². The van der Waals surface area contributed by atoms with Crippen LogP contribution in [0.1, 0.15) is 5.56 Å². The zero-order valence-electron chi connectivity index (χ0n) is 14.3. The Labute approximate surface area is 160 Å². The van der Waals surface area contributed by atoms with Crippen molar-refractivity contribution in [2.24, 2.45) is 0 Å². The Morgan fingerprint density at radius 1 is 1.04 bits per heavy atom. The first-order valence-corrected chi connectivity index (χ1v) is 9.33. The minimum absolute atomic E-state index is 0.233. The van der Waals surface area contributed by atoms with Gasteiger partial charge >= 0.3 is 0 Å². The van der Waals surface area contributed by atoms with E-state index in [0.29, 0.717) is 5.82 Å². The maximum atomic E-state index is 6.15. The molecular weight excluding hydrogens is 366 g/mol. The minimum atomic E-state index is 0.233. The van der Waals surface area contributed by atoms with Crippen molar-refractivity contribution in [1.82, 2.24) is 9.97 Å². The number of hydrogen-bond donors (Lipinski definition) is 1. The summed E-state index contributed by atoms with van der Waals surface area (Å²) in [5, 5.41) is 6.70. The number of para-hydroxylation sites is 1. The van der Waals surface area contributed by atoms with Crippen LogP contribution in [-0.4, -0.2) is 17.1 Å². The number of thiophene rings is 1. The number of aromatic nitrogens is 2. The van der Waals surface area contributed by atoms with Crippen LogP contribution in [0.3, 0.4) is 0 Å². The van der Waals surface area contributed by atoms with Gasteiger partial charge in [0, 0.05) is 16.6 Å². The lowest BCUT2D eigenvalue weighted by atomic mass is 10.1. The summed E-state index contributed by atoms with van der Waals surface area (Å²) in [6, 6.07) is 16.0. The Balaban J connectivity index is 1.86. The second-order valence-electron chi connectivity index (χ2n) is 5.84. The average Bonchev–Trinajstić information content (AvgIpc) is 3.07. The molecule has 0 aliphatic heterocycles. The third kappa shape index (κ3) is 3.11. The van der Waals surface area contributed by atoms with Gasteiger partial charge in [0.05, 0.1) is 12.5 Å². The normalized spacial score (nSPS) is 10.9. The van der Waals surface area contributed by atoms with Gasteiger partial charge in [-0.25, -0.2) is 4.98 Å². The lowest BCUT2D eigenvalue weighted by molar-refractivity contribution is 0.415. The molecule has 2 aromatic heterocycles. The molecule has 0 aliphatic rings. The number of benzene rings is 2. The van der Waals surface area contributed by atoms with Gasteiger partial charge in [0.15, 0.2) is 0 Å². The zero-order valence-corrected chi connectivity index (χ0v) is 15.9. The molecule has 0 spiro atoms. The molecule has 1 N–H and O–H groups in total. The molecule has 2 heterocycles. The predicted octanol–water partition coefficient (Wildman–Crippen LogP) is 6.07. The van der Waals surface area contributed by atoms with E-state index in [4.69, 9.17) is 16.3 Å². The van der Waals surface area contributed by atoms with E-state index in [1.807, 2.05) is 42.5 Å². The predicted molar refractivity (Wildman–Crippen MR) is 109 cm³/mol. The topological polar surface area (TPSA) is 47.0 Å². The molecule has 0 bridgehead atoms. The van der Waals surface area contributed by atoms with Gasteiger partial charge < -0.3 is 10.1 Å². The van der Waals surface area contributed by atoms with Crippen LogP contribution in [0.2, 0.25) is 5.28 Å². The molecule has 0 saturated heterocycles. The fraction of sp³-hybridized carbons (Fsp3) is 0.100. The highest BCUT2D eigenvalue weighted by molar-refractivity contribution is 7.17. The second-order valence-corrected chi connectivity index (χ2v) is 7.04. The molecule has 0 unspecified atom stereocenters. The van der Waals surface area contributed by atoms with Crippen LogP contribution < -0.4 is 10.1 Å². The van der Waals surface area contributed by atoms with Crippen molar-refractivity contribution in [2.45, 2.75) is 6.92 Å². The zero-order chi connectivity index (χ0) is 18.1. The van der Waals surface area contributed by atoms with Crippen LogP contribution in [0.4, 0.5) is 11.5 Å². The van der Waals surface area contributed by atoms with Gasteiger partial charge in [-0.15, -0.1) is 11.3 Å². The summed E-state index contributed by atoms with van der Waals surface area (Å²) in [5.41, 5.74) is 4.28. The molecule has 4 aromatic rings. The number of fused-ring (bicyclic) bond motifs is 1. The Kier molecular flexibility index (Phi) is 4.49. The quantitative estimate of drug-likeness (QED) is 0.435. The van der Waals surface area contributed by atoms with Gasteiger partial charge in [-0.3, -0.25) is 0 Å². The highest BCUT2D eigenvalue weighted by Gasteiger charge is 2.15. The van der Waals surface area contributed by atoms with Crippen molar-refractivity contribution in [1.29, 1.82) is 0 Å². The van der Waals surface area contributed by atoms with Crippen LogP contribution >= 0.6 is 22.9 Å². The number of nitrogens with zero attached hydrogens (tertiary/aromatic N) is 2. The van der Waals surface area contributed by atoms with Crippen molar-refractivity contribution >= 4 is 44.7 Å². The summed E-state index contributed by atoms with van der Waals surface area (Å²) in [6.07, 6.45) is 0. The Morgan fingerprint density at radius 2 is 1.81 bits per heavy atom. The summed E-state index contributed by atoms with van der Waals surface area (Å²) in [5.74, 6) is 1.53. The van der Waals surface area contributed by atoms with Gasteiger partial charge in [0.2, 0.25) is 5.28 Å². The average molecular weight is 382 g/mol. The van der Waals surface area contributed by atoms with Crippen LogP contribution in [0, 0.1) is 6.92 Å². The van der Waals surface area contributed by atoms with Crippen LogP contribution in [0.15, 0.2) is 53.9 Å². The summed E-state index contributed by atoms with van der Waals surface area (Å²) in [6.45, 7) is 2.06. The fourth-order valence-corrected chi connectivity index (χ4v) is 4.00. The van der Waals surface area contributed by atoms with E-state index in [2.05, 4.69) is 33.7 Å². The second kappa shape index (κ2) is 6.94. The first-order valence-electron chi connectivity index (χ1n) is 8.07. The maximum Gasteiger partial charge on any atom is 0.225 e. The summed E-state index contributed by atoms with van der Waals surface area (Å²) < 4.78 is 5.25. The molecular formula is C20H16ClN3OS. The van der Waals surface area contributed by atoms with Crippen molar-refractivity contribution in [3.05, 3.63) is 64.8 Å². The molecule has 4 rings (SSSR count). The molecule has 0 saturated carbocycles. The van der Waals surface area contributed by atoms with E-state index >= 15 is 0 Å². The highest BCUT2D eigenvalue weighted by Crippen LogP contribution is 2.39. The highest BCUT2D eigenvalue weighted by atomic mass is 35.5. The van der Waals surface area contributed by atoms with Crippen LogP contribution in [0.25, 0.3) is 21.3 Å². The number of halogens is 1. The molecule has 0 aliphatic carbocycles. The number of rotatable bonds is 4. The number of aryl methyl sites for hydroxylation is 1. The van der Waals surface area contributed by atoms with Gasteiger partial charge in [0.25, 0.3) is 0 Å². The molecule has 6 heteroatoms. The molecule has 0 radical (unpaired) electrons. The lowest BCUT2D eigenvalue weighted by Gasteiger charge is -2.11. The van der Waals surface area contributed by atoms with Gasteiger partial charge in [0.1, 0.15) is 16.4 Å². The van der Waals surface area contributed by atoms with E-state index in [9.17, 15) is 0 Å². The third-order valence-electron chi connectivity index (χ3n) is 4.21. The number of anilines is 2. The van der Waals surface area contributed by atoms with E-state index < -0.39 is 0 Å². The van der Waals surface area contributed by atoms with Crippen LogP contribution in [0.5, 0.6) is 5.75 Å². The number of hydrogen-bond acceptors (Lipinski definition) is 5. The molecule has 0 atom stereocenters. The Morgan fingerprint density at radius 3 is 2.54 bits per heavy atom.